The molecule has 0 amide bonds. The molecule has 3 aromatic rings. The number of carbonyl (C=O) groups is 1. The third kappa shape index (κ3) is 4.21. The molecule has 2 heterocycles. The van der Waals surface area contributed by atoms with Gasteiger partial charge in [-0.3, -0.25) is 0 Å². The maximum atomic E-state index is 11.4. The molecule has 146 valence electrons. The quantitative estimate of drug-likeness (QED) is 0.403. The van der Waals surface area contributed by atoms with Crippen molar-refractivity contribution in [3.63, 3.8) is 0 Å². The van der Waals surface area contributed by atoms with E-state index in [1.165, 1.54) is 11.1 Å². The van der Waals surface area contributed by atoms with E-state index in [-0.39, 0.29) is 0 Å². The highest BCUT2D eigenvalue weighted by molar-refractivity contribution is 5.83. The van der Waals surface area contributed by atoms with E-state index < -0.39 is 5.97 Å². The van der Waals surface area contributed by atoms with Crippen LogP contribution in [0.2, 0.25) is 0 Å². The van der Waals surface area contributed by atoms with Gasteiger partial charge in [0, 0.05) is 31.3 Å². The largest absolute Gasteiger partial charge is 0.456 e. The molecule has 4 rings (SSSR count). The standard InChI is InChI=1S/C23H21N3O3/c1-2-22(27)29-19-9-5-8-18(12-19)28-20-13-21(23(24)25-14-20)26-11-10-16-6-3-4-7-17(16)15-26/h2-9,12-14H,1,10-11,15H2,(H2,24,25). The first-order valence-corrected chi connectivity index (χ1v) is 9.32. The van der Waals surface area contributed by atoms with Crippen molar-refractivity contribution in [1.82, 2.24) is 4.98 Å². The molecule has 0 bridgehead atoms. The number of fused-ring (bicyclic) bond motifs is 1. The summed E-state index contributed by atoms with van der Waals surface area (Å²) in [5, 5.41) is 0. The van der Waals surface area contributed by atoms with Crippen molar-refractivity contribution in [1.29, 1.82) is 0 Å². The topological polar surface area (TPSA) is 77.7 Å². The van der Waals surface area contributed by atoms with E-state index in [1.807, 2.05) is 6.07 Å². The van der Waals surface area contributed by atoms with Gasteiger partial charge < -0.3 is 20.1 Å². The summed E-state index contributed by atoms with van der Waals surface area (Å²) in [6.45, 7) is 5.03. The molecule has 0 unspecified atom stereocenters. The summed E-state index contributed by atoms with van der Waals surface area (Å²) in [7, 11) is 0. The summed E-state index contributed by atoms with van der Waals surface area (Å²) in [6, 6.07) is 17.1. The number of hydrogen-bond donors (Lipinski definition) is 1. The van der Waals surface area contributed by atoms with Crippen LogP contribution in [0.25, 0.3) is 0 Å². The Morgan fingerprint density at radius 2 is 1.86 bits per heavy atom. The van der Waals surface area contributed by atoms with Gasteiger partial charge in [0.1, 0.15) is 23.1 Å². The molecule has 0 saturated heterocycles. The Morgan fingerprint density at radius 1 is 1.07 bits per heavy atom. The van der Waals surface area contributed by atoms with E-state index >= 15 is 0 Å². The van der Waals surface area contributed by atoms with Crippen molar-refractivity contribution in [2.75, 3.05) is 17.2 Å². The smallest absolute Gasteiger partial charge is 0.335 e. The minimum Gasteiger partial charge on any atom is -0.456 e. The molecule has 1 aliphatic heterocycles. The Morgan fingerprint density at radius 3 is 2.69 bits per heavy atom. The maximum Gasteiger partial charge on any atom is 0.335 e. The Kier molecular flexibility index (Phi) is 5.16. The Hall–Kier alpha value is -3.80. The van der Waals surface area contributed by atoms with E-state index in [2.05, 4.69) is 40.7 Å². The van der Waals surface area contributed by atoms with Crippen molar-refractivity contribution in [2.45, 2.75) is 13.0 Å². The zero-order valence-corrected chi connectivity index (χ0v) is 15.9. The first-order valence-electron chi connectivity index (χ1n) is 9.32. The lowest BCUT2D eigenvalue weighted by molar-refractivity contribution is -0.128. The van der Waals surface area contributed by atoms with Gasteiger partial charge >= 0.3 is 5.97 Å². The molecule has 0 saturated carbocycles. The van der Waals surface area contributed by atoms with Crippen LogP contribution in [0, 0.1) is 0 Å². The number of hydrogen-bond acceptors (Lipinski definition) is 6. The molecule has 0 spiro atoms. The molecule has 0 aliphatic carbocycles. The Balaban J connectivity index is 1.54. The van der Waals surface area contributed by atoms with Gasteiger partial charge in [0.05, 0.1) is 11.9 Å². The predicted octanol–water partition coefficient (Wildman–Crippen LogP) is 4.11. The molecule has 6 nitrogen and oxygen atoms in total. The monoisotopic (exact) mass is 387 g/mol. The summed E-state index contributed by atoms with van der Waals surface area (Å²) in [5.41, 5.74) is 9.65. The number of anilines is 2. The normalized spacial score (nSPS) is 12.8. The first-order chi connectivity index (χ1) is 14.1. The fraction of sp³-hybridized carbons (Fsp3) is 0.130. The van der Waals surface area contributed by atoms with Crippen LogP contribution >= 0.6 is 0 Å². The highest BCUT2D eigenvalue weighted by Crippen LogP contribution is 2.33. The second-order valence-electron chi connectivity index (χ2n) is 6.72. The second-order valence-corrected chi connectivity index (χ2v) is 6.72. The van der Waals surface area contributed by atoms with Crippen LogP contribution < -0.4 is 20.1 Å². The van der Waals surface area contributed by atoms with E-state index in [0.717, 1.165) is 31.3 Å². The van der Waals surface area contributed by atoms with Crippen LogP contribution in [0.1, 0.15) is 11.1 Å². The molecule has 0 atom stereocenters. The van der Waals surface area contributed by atoms with Gasteiger partial charge in [-0.1, -0.05) is 36.9 Å². The van der Waals surface area contributed by atoms with Crippen LogP contribution in [0.4, 0.5) is 11.5 Å². The molecule has 6 heteroatoms. The van der Waals surface area contributed by atoms with Crippen molar-refractivity contribution in [2.24, 2.45) is 0 Å². The average molecular weight is 387 g/mol. The molecule has 0 fully saturated rings. The second kappa shape index (κ2) is 8.06. The Bertz CT molecular complexity index is 1060. The van der Waals surface area contributed by atoms with Gasteiger partial charge in [-0.15, -0.1) is 0 Å². The Labute approximate surface area is 169 Å². The van der Waals surface area contributed by atoms with Crippen molar-refractivity contribution in [3.8, 4) is 17.2 Å². The fourth-order valence-corrected chi connectivity index (χ4v) is 3.35. The minimum absolute atomic E-state index is 0.378. The summed E-state index contributed by atoms with van der Waals surface area (Å²) in [4.78, 5) is 17.9. The van der Waals surface area contributed by atoms with Crippen LogP contribution in [0.15, 0.2) is 73.4 Å². The van der Waals surface area contributed by atoms with Gasteiger partial charge in [0.15, 0.2) is 0 Å². The molecule has 29 heavy (non-hydrogen) atoms. The highest BCUT2D eigenvalue weighted by Gasteiger charge is 2.19. The summed E-state index contributed by atoms with van der Waals surface area (Å²) >= 11 is 0. The van der Waals surface area contributed by atoms with Gasteiger partial charge in [-0.05, 0) is 29.7 Å². The molecule has 1 aliphatic rings. The number of nitrogens with zero attached hydrogens (tertiary/aromatic N) is 2. The van der Waals surface area contributed by atoms with E-state index in [9.17, 15) is 4.79 Å². The van der Waals surface area contributed by atoms with Crippen LogP contribution in [-0.4, -0.2) is 17.5 Å². The molecule has 2 N–H and O–H groups in total. The average Bonchev–Trinajstić information content (AvgIpc) is 2.75. The van der Waals surface area contributed by atoms with E-state index in [0.29, 0.717) is 23.1 Å². The molecule has 1 aromatic heterocycles. The summed E-state index contributed by atoms with van der Waals surface area (Å²) in [6.07, 6.45) is 3.65. The summed E-state index contributed by atoms with van der Waals surface area (Å²) in [5.74, 6) is 1.40. The number of carbonyl (C=O) groups excluding carboxylic acids is 1. The lowest BCUT2D eigenvalue weighted by atomic mass is 9.99. The third-order valence-corrected chi connectivity index (χ3v) is 4.77. The third-order valence-electron chi connectivity index (χ3n) is 4.77. The SMILES string of the molecule is C=CC(=O)Oc1cccc(Oc2cnc(N)c(N3CCc4ccccc4C3)c2)c1. The number of esters is 1. The highest BCUT2D eigenvalue weighted by atomic mass is 16.5. The lowest BCUT2D eigenvalue weighted by Crippen LogP contribution is -2.31. The van der Waals surface area contributed by atoms with Gasteiger partial charge in [0.25, 0.3) is 0 Å². The number of aromatic nitrogens is 1. The minimum atomic E-state index is -0.524. The van der Waals surface area contributed by atoms with E-state index in [4.69, 9.17) is 15.2 Å². The first kappa shape index (κ1) is 18.6. The zero-order chi connectivity index (χ0) is 20.2. The maximum absolute atomic E-state index is 11.4. The number of pyridine rings is 1. The van der Waals surface area contributed by atoms with Crippen LogP contribution in [0.5, 0.6) is 17.2 Å². The van der Waals surface area contributed by atoms with E-state index in [1.54, 1.807) is 30.5 Å². The number of nitrogen functional groups attached to an aromatic ring is 1. The van der Waals surface area contributed by atoms with Crippen molar-refractivity contribution < 1.29 is 14.3 Å². The van der Waals surface area contributed by atoms with Gasteiger partial charge in [-0.2, -0.15) is 0 Å². The van der Waals surface area contributed by atoms with Crippen LogP contribution in [0.3, 0.4) is 0 Å². The van der Waals surface area contributed by atoms with Crippen molar-refractivity contribution in [3.05, 3.63) is 84.6 Å². The molecular formula is C23H21N3O3. The molecule has 2 aromatic carbocycles. The fourth-order valence-electron chi connectivity index (χ4n) is 3.35. The molecule has 0 radical (unpaired) electrons. The number of nitrogens with two attached hydrogens (primary N) is 1. The zero-order valence-electron chi connectivity index (χ0n) is 15.9. The molecular weight excluding hydrogens is 366 g/mol. The van der Waals surface area contributed by atoms with Gasteiger partial charge in [-0.25, -0.2) is 9.78 Å². The lowest BCUT2D eigenvalue weighted by Gasteiger charge is -2.31. The van der Waals surface area contributed by atoms with Gasteiger partial charge in [0.2, 0.25) is 0 Å². The van der Waals surface area contributed by atoms with Crippen LogP contribution in [-0.2, 0) is 17.8 Å². The van der Waals surface area contributed by atoms with Crippen molar-refractivity contribution >= 4 is 17.5 Å². The number of benzene rings is 2. The summed E-state index contributed by atoms with van der Waals surface area (Å²) < 4.78 is 11.1. The number of rotatable bonds is 5. The number of ether oxygens (including phenoxy) is 2. The predicted molar refractivity (Wildman–Crippen MR) is 112 cm³/mol.